The summed E-state index contributed by atoms with van der Waals surface area (Å²) in [5.41, 5.74) is 1.97. The first-order valence-corrected chi connectivity index (χ1v) is 5.99. The number of fused-ring (bicyclic) bond motifs is 1. The number of hydrogen-bond acceptors (Lipinski definition) is 3. The molecule has 0 unspecified atom stereocenters. The molecule has 0 fully saturated rings. The highest BCUT2D eigenvalue weighted by atomic mass is 16.5. The van der Waals surface area contributed by atoms with Crippen molar-refractivity contribution in [2.45, 2.75) is 13.8 Å². The molecule has 0 radical (unpaired) electrons. The van der Waals surface area contributed by atoms with Gasteiger partial charge in [-0.3, -0.25) is 0 Å². The lowest BCUT2D eigenvalue weighted by Crippen LogP contribution is -2.05. The number of hydrogen-bond donors (Lipinski definition) is 0. The van der Waals surface area contributed by atoms with E-state index in [9.17, 15) is 4.79 Å². The van der Waals surface area contributed by atoms with Crippen LogP contribution in [0.4, 0.5) is 0 Å². The van der Waals surface area contributed by atoms with E-state index in [0.29, 0.717) is 5.75 Å². The number of methoxy groups -OCH3 is 1. The van der Waals surface area contributed by atoms with Gasteiger partial charge in [-0.05, 0) is 31.5 Å². The summed E-state index contributed by atoms with van der Waals surface area (Å²) in [6.07, 6.45) is 1.16. The van der Waals surface area contributed by atoms with Crippen LogP contribution in [0.15, 0.2) is 36.9 Å². The van der Waals surface area contributed by atoms with Gasteiger partial charge < -0.3 is 9.47 Å². The average Bonchev–Trinajstić information content (AvgIpc) is 2.41. The Labute approximate surface area is 112 Å². The van der Waals surface area contributed by atoms with Gasteiger partial charge in [-0.15, -0.1) is 0 Å². The molecule has 0 aliphatic carbocycles. The van der Waals surface area contributed by atoms with Gasteiger partial charge in [0.25, 0.3) is 0 Å². The van der Waals surface area contributed by atoms with E-state index < -0.39 is 5.97 Å². The summed E-state index contributed by atoms with van der Waals surface area (Å²) < 4.78 is 10.7. The SMILES string of the molecule is C=CC(=O)Oc1c(C)cc(OC)c2cc(C)ccc12. The van der Waals surface area contributed by atoms with E-state index in [-0.39, 0.29) is 0 Å². The van der Waals surface area contributed by atoms with Crippen LogP contribution in [-0.2, 0) is 4.79 Å². The van der Waals surface area contributed by atoms with Gasteiger partial charge in [-0.25, -0.2) is 4.79 Å². The van der Waals surface area contributed by atoms with Crippen molar-refractivity contribution < 1.29 is 14.3 Å². The van der Waals surface area contributed by atoms with Crippen LogP contribution in [-0.4, -0.2) is 13.1 Å². The standard InChI is InChI=1S/C16H16O3/c1-5-15(17)19-16-11(3)9-14(18-4)13-8-10(2)6-7-12(13)16/h5-9H,1H2,2-4H3. The van der Waals surface area contributed by atoms with Gasteiger partial charge in [0, 0.05) is 16.8 Å². The zero-order chi connectivity index (χ0) is 14.0. The average molecular weight is 256 g/mol. The Hall–Kier alpha value is -2.29. The molecule has 0 bridgehead atoms. The van der Waals surface area contributed by atoms with E-state index >= 15 is 0 Å². The summed E-state index contributed by atoms with van der Waals surface area (Å²) in [7, 11) is 1.63. The molecule has 0 amide bonds. The molecule has 0 aliphatic rings. The fraction of sp³-hybridized carbons (Fsp3) is 0.188. The van der Waals surface area contributed by atoms with Crippen LogP contribution in [0.5, 0.6) is 11.5 Å². The number of carbonyl (C=O) groups is 1. The Balaban J connectivity index is 2.73. The third-order valence-corrected chi connectivity index (χ3v) is 2.98. The van der Waals surface area contributed by atoms with Crippen LogP contribution in [0.3, 0.4) is 0 Å². The Bertz CT molecular complexity index is 657. The van der Waals surface area contributed by atoms with Gasteiger partial charge in [0.2, 0.25) is 0 Å². The second-order valence-electron chi connectivity index (χ2n) is 4.40. The van der Waals surface area contributed by atoms with Crippen LogP contribution in [0.25, 0.3) is 10.8 Å². The van der Waals surface area contributed by atoms with Crippen molar-refractivity contribution in [3.8, 4) is 11.5 Å². The molecule has 0 aliphatic heterocycles. The number of aryl methyl sites for hydroxylation is 2. The maximum Gasteiger partial charge on any atom is 0.335 e. The minimum Gasteiger partial charge on any atom is -0.496 e. The van der Waals surface area contributed by atoms with Crippen LogP contribution in [0.1, 0.15) is 11.1 Å². The Morgan fingerprint density at radius 1 is 1.21 bits per heavy atom. The predicted octanol–water partition coefficient (Wildman–Crippen LogP) is 3.56. The molecule has 2 aromatic carbocycles. The van der Waals surface area contributed by atoms with Gasteiger partial charge in [0.1, 0.15) is 11.5 Å². The maximum atomic E-state index is 11.4. The molecule has 0 heterocycles. The molecular weight excluding hydrogens is 240 g/mol. The summed E-state index contributed by atoms with van der Waals surface area (Å²) >= 11 is 0. The van der Waals surface area contributed by atoms with Gasteiger partial charge in [0.05, 0.1) is 7.11 Å². The summed E-state index contributed by atoms with van der Waals surface area (Å²) in [5, 5.41) is 1.79. The highest BCUT2D eigenvalue weighted by Gasteiger charge is 2.13. The van der Waals surface area contributed by atoms with Gasteiger partial charge in [-0.1, -0.05) is 24.3 Å². The molecule has 0 spiro atoms. The number of rotatable bonds is 3. The second-order valence-corrected chi connectivity index (χ2v) is 4.40. The molecule has 0 aromatic heterocycles. The Morgan fingerprint density at radius 3 is 2.58 bits per heavy atom. The molecule has 0 saturated carbocycles. The molecule has 3 nitrogen and oxygen atoms in total. The van der Waals surface area contributed by atoms with E-state index in [1.165, 1.54) is 0 Å². The summed E-state index contributed by atoms with van der Waals surface area (Å²) in [6, 6.07) is 7.80. The Kier molecular flexibility index (Phi) is 3.56. The highest BCUT2D eigenvalue weighted by molar-refractivity contribution is 5.97. The molecule has 0 atom stereocenters. The molecule has 3 heteroatoms. The maximum absolute atomic E-state index is 11.4. The van der Waals surface area contributed by atoms with Crippen LogP contribution < -0.4 is 9.47 Å². The lowest BCUT2D eigenvalue weighted by molar-refractivity contribution is -0.128. The van der Waals surface area contributed by atoms with Gasteiger partial charge >= 0.3 is 5.97 Å². The van der Waals surface area contributed by atoms with Crippen LogP contribution in [0, 0.1) is 13.8 Å². The fourth-order valence-electron chi connectivity index (χ4n) is 2.06. The second kappa shape index (κ2) is 5.14. The van der Waals surface area contributed by atoms with Crippen molar-refractivity contribution in [1.29, 1.82) is 0 Å². The first-order valence-electron chi connectivity index (χ1n) is 5.99. The highest BCUT2D eigenvalue weighted by Crippen LogP contribution is 2.37. The van der Waals surface area contributed by atoms with Gasteiger partial charge in [-0.2, -0.15) is 0 Å². The monoisotopic (exact) mass is 256 g/mol. The van der Waals surface area contributed by atoms with Gasteiger partial charge in [0.15, 0.2) is 0 Å². The summed E-state index contributed by atoms with van der Waals surface area (Å²) in [5.74, 6) is 0.866. The molecule has 2 aromatic rings. The summed E-state index contributed by atoms with van der Waals surface area (Å²) in [4.78, 5) is 11.4. The summed E-state index contributed by atoms with van der Waals surface area (Å²) in [6.45, 7) is 7.31. The first-order chi connectivity index (χ1) is 9.06. The molecular formula is C16H16O3. The molecule has 19 heavy (non-hydrogen) atoms. The van der Waals surface area contributed by atoms with Crippen LogP contribution in [0.2, 0.25) is 0 Å². The van der Waals surface area contributed by atoms with E-state index in [0.717, 1.165) is 33.7 Å². The smallest absolute Gasteiger partial charge is 0.335 e. The zero-order valence-corrected chi connectivity index (χ0v) is 11.3. The van der Waals surface area contributed by atoms with E-state index in [1.807, 2.05) is 38.1 Å². The Morgan fingerprint density at radius 2 is 1.95 bits per heavy atom. The number of benzene rings is 2. The normalized spacial score (nSPS) is 10.3. The third-order valence-electron chi connectivity index (χ3n) is 2.98. The zero-order valence-electron chi connectivity index (χ0n) is 11.3. The molecule has 98 valence electrons. The van der Waals surface area contributed by atoms with E-state index in [1.54, 1.807) is 7.11 Å². The number of esters is 1. The van der Waals surface area contributed by atoms with E-state index in [2.05, 4.69) is 6.58 Å². The van der Waals surface area contributed by atoms with Crippen molar-refractivity contribution in [1.82, 2.24) is 0 Å². The van der Waals surface area contributed by atoms with Crippen molar-refractivity contribution in [2.75, 3.05) is 7.11 Å². The van der Waals surface area contributed by atoms with Crippen molar-refractivity contribution in [2.24, 2.45) is 0 Å². The minimum atomic E-state index is -0.463. The van der Waals surface area contributed by atoms with E-state index in [4.69, 9.17) is 9.47 Å². The van der Waals surface area contributed by atoms with Crippen LogP contribution >= 0.6 is 0 Å². The third kappa shape index (κ3) is 2.45. The molecule has 2 rings (SSSR count). The number of ether oxygens (including phenoxy) is 2. The largest absolute Gasteiger partial charge is 0.496 e. The quantitative estimate of drug-likeness (QED) is 0.478. The topological polar surface area (TPSA) is 35.5 Å². The van der Waals surface area contributed by atoms with Crippen molar-refractivity contribution in [3.63, 3.8) is 0 Å². The predicted molar refractivity (Wildman–Crippen MR) is 75.8 cm³/mol. The van der Waals surface area contributed by atoms with Crippen molar-refractivity contribution in [3.05, 3.63) is 48.0 Å². The fourth-order valence-corrected chi connectivity index (χ4v) is 2.06. The molecule has 0 saturated heterocycles. The van der Waals surface area contributed by atoms with Crippen molar-refractivity contribution >= 4 is 16.7 Å². The lowest BCUT2D eigenvalue weighted by atomic mass is 10.0. The molecule has 0 N–H and O–H groups in total. The number of carbonyl (C=O) groups excluding carboxylic acids is 1. The first kappa shape index (κ1) is 13.1. The lowest BCUT2D eigenvalue weighted by Gasteiger charge is -2.13. The minimum absolute atomic E-state index is 0.463.